The summed E-state index contributed by atoms with van der Waals surface area (Å²) in [5.41, 5.74) is 0.794. The van der Waals surface area contributed by atoms with E-state index in [2.05, 4.69) is 28.2 Å². The van der Waals surface area contributed by atoms with E-state index in [0.29, 0.717) is 10.2 Å². The van der Waals surface area contributed by atoms with Crippen molar-refractivity contribution in [2.75, 3.05) is 5.32 Å². The second-order valence-electron chi connectivity index (χ2n) is 4.74. The third kappa shape index (κ3) is 4.63. The number of hydrogen-bond acceptors (Lipinski definition) is 2. The molecule has 0 radical (unpaired) electrons. The first-order chi connectivity index (χ1) is 9.49. The zero-order valence-electron chi connectivity index (χ0n) is 11.8. The molecular weight excluding hydrogens is 322 g/mol. The molecule has 0 heterocycles. The van der Waals surface area contributed by atoms with Gasteiger partial charge in [0.15, 0.2) is 0 Å². The molecule has 0 fully saturated rings. The van der Waals surface area contributed by atoms with Gasteiger partial charge in [-0.3, -0.25) is 4.79 Å². The topological polar surface area (TPSA) is 66.4 Å². The Morgan fingerprint density at radius 1 is 1.35 bits per heavy atom. The van der Waals surface area contributed by atoms with Gasteiger partial charge >= 0.3 is 5.97 Å². The number of anilines is 1. The third-order valence-corrected chi connectivity index (χ3v) is 3.90. The maximum atomic E-state index is 12.2. The molecule has 0 aromatic heterocycles. The lowest BCUT2D eigenvalue weighted by molar-refractivity contribution is -0.120. The fraction of sp³-hybridized carbons (Fsp3) is 0.467. The molecule has 0 aliphatic heterocycles. The zero-order chi connectivity index (χ0) is 15.1. The van der Waals surface area contributed by atoms with Crippen LogP contribution < -0.4 is 5.32 Å². The summed E-state index contributed by atoms with van der Waals surface area (Å²) in [6, 6.07) is 4.58. The minimum Gasteiger partial charge on any atom is -0.478 e. The molecule has 0 aliphatic rings. The molecule has 0 bridgehead atoms. The van der Waals surface area contributed by atoms with Crippen LogP contribution in [0.15, 0.2) is 22.7 Å². The number of rotatable bonds is 7. The van der Waals surface area contributed by atoms with E-state index in [1.54, 1.807) is 6.07 Å². The largest absolute Gasteiger partial charge is 0.478 e. The Morgan fingerprint density at radius 2 is 2.05 bits per heavy atom. The van der Waals surface area contributed by atoms with E-state index in [0.717, 1.165) is 25.7 Å². The van der Waals surface area contributed by atoms with E-state index in [9.17, 15) is 9.59 Å². The van der Waals surface area contributed by atoms with Gasteiger partial charge in [-0.1, -0.05) is 26.7 Å². The van der Waals surface area contributed by atoms with E-state index in [4.69, 9.17) is 5.11 Å². The quantitative estimate of drug-likeness (QED) is 0.776. The Labute approximate surface area is 127 Å². The summed E-state index contributed by atoms with van der Waals surface area (Å²) < 4.78 is 0.580. The van der Waals surface area contributed by atoms with Crippen LogP contribution in [-0.4, -0.2) is 17.0 Å². The molecule has 1 aromatic carbocycles. The normalized spacial score (nSPS) is 11.9. The molecule has 110 valence electrons. The molecule has 20 heavy (non-hydrogen) atoms. The molecule has 5 heteroatoms. The molecule has 1 unspecified atom stereocenters. The van der Waals surface area contributed by atoms with Gasteiger partial charge in [0.1, 0.15) is 0 Å². The van der Waals surface area contributed by atoms with Crippen molar-refractivity contribution in [2.24, 2.45) is 5.92 Å². The fourth-order valence-electron chi connectivity index (χ4n) is 1.96. The van der Waals surface area contributed by atoms with Crippen LogP contribution in [0.2, 0.25) is 0 Å². The van der Waals surface area contributed by atoms with Gasteiger partial charge in [0.05, 0.1) is 11.3 Å². The first kappa shape index (κ1) is 16.7. The van der Waals surface area contributed by atoms with Crippen LogP contribution in [0, 0.1) is 5.92 Å². The highest BCUT2D eigenvalue weighted by molar-refractivity contribution is 9.10. The van der Waals surface area contributed by atoms with Crippen LogP contribution in [0.5, 0.6) is 0 Å². The Balaban J connectivity index is 2.76. The van der Waals surface area contributed by atoms with E-state index in [-0.39, 0.29) is 17.4 Å². The van der Waals surface area contributed by atoms with Gasteiger partial charge in [0.25, 0.3) is 0 Å². The zero-order valence-corrected chi connectivity index (χ0v) is 13.4. The Bertz CT molecular complexity index is 488. The summed E-state index contributed by atoms with van der Waals surface area (Å²) in [7, 11) is 0. The van der Waals surface area contributed by atoms with Crippen LogP contribution >= 0.6 is 15.9 Å². The van der Waals surface area contributed by atoms with Crippen molar-refractivity contribution in [1.82, 2.24) is 0 Å². The summed E-state index contributed by atoms with van der Waals surface area (Å²) in [4.78, 5) is 23.0. The van der Waals surface area contributed by atoms with Gasteiger partial charge in [-0.25, -0.2) is 4.79 Å². The fourth-order valence-corrected chi connectivity index (χ4v) is 2.43. The number of aromatic carboxylic acids is 1. The maximum Gasteiger partial charge on any atom is 0.335 e. The predicted octanol–water partition coefficient (Wildman–Crippen LogP) is 4.30. The molecule has 0 aliphatic carbocycles. The van der Waals surface area contributed by atoms with E-state index < -0.39 is 5.97 Å². The van der Waals surface area contributed by atoms with Crippen molar-refractivity contribution >= 4 is 33.5 Å². The number of carboxylic acid groups (broad SMARTS) is 1. The molecule has 0 saturated heterocycles. The Morgan fingerprint density at radius 3 is 2.55 bits per heavy atom. The second kappa shape index (κ2) is 8.04. The van der Waals surface area contributed by atoms with Crippen molar-refractivity contribution in [1.29, 1.82) is 0 Å². The average molecular weight is 342 g/mol. The molecule has 1 atom stereocenters. The summed E-state index contributed by atoms with van der Waals surface area (Å²) >= 11 is 3.29. The first-order valence-corrected chi connectivity index (χ1v) is 7.62. The third-order valence-electron chi connectivity index (χ3n) is 3.24. The monoisotopic (exact) mass is 341 g/mol. The van der Waals surface area contributed by atoms with Crippen LogP contribution in [0.1, 0.15) is 49.9 Å². The van der Waals surface area contributed by atoms with Crippen LogP contribution in [0.25, 0.3) is 0 Å². The number of carboxylic acids is 1. The number of unbranched alkanes of at least 4 members (excludes halogenated alkanes) is 1. The van der Waals surface area contributed by atoms with Crippen molar-refractivity contribution < 1.29 is 14.7 Å². The number of hydrogen-bond donors (Lipinski definition) is 2. The Kier molecular flexibility index (Phi) is 6.71. The Hall–Kier alpha value is -1.36. The van der Waals surface area contributed by atoms with Gasteiger partial charge in [-0.2, -0.15) is 0 Å². The molecule has 2 N–H and O–H groups in total. The van der Waals surface area contributed by atoms with Crippen molar-refractivity contribution in [3.8, 4) is 0 Å². The van der Waals surface area contributed by atoms with E-state index >= 15 is 0 Å². The highest BCUT2D eigenvalue weighted by atomic mass is 79.9. The number of benzene rings is 1. The maximum absolute atomic E-state index is 12.2. The van der Waals surface area contributed by atoms with Crippen LogP contribution in [0.3, 0.4) is 0 Å². The highest BCUT2D eigenvalue weighted by Crippen LogP contribution is 2.25. The van der Waals surface area contributed by atoms with Crippen molar-refractivity contribution in [2.45, 2.75) is 39.5 Å². The first-order valence-electron chi connectivity index (χ1n) is 6.83. The predicted molar refractivity (Wildman–Crippen MR) is 83.0 cm³/mol. The minimum absolute atomic E-state index is 0.000926. The number of halogens is 1. The van der Waals surface area contributed by atoms with Gasteiger partial charge in [-0.05, 0) is 47.0 Å². The summed E-state index contributed by atoms with van der Waals surface area (Å²) in [6.45, 7) is 4.11. The molecule has 4 nitrogen and oxygen atoms in total. The number of carbonyl (C=O) groups is 2. The van der Waals surface area contributed by atoms with E-state index in [1.807, 2.05) is 6.92 Å². The second-order valence-corrected chi connectivity index (χ2v) is 5.59. The highest BCUT2D eigenvalue weighted by Gasteiger charge is 2.17. The minimum atomic E-state index is -0.988. The summed E-state index contributed by atoms with van der Waals surface area (Å²) in [6.07, 6.45) is 3.78. The standard InChI is InChI=1S/C15H20BrNO3/c1-3-5-6-10(4-2)14(18)17-13-8-7-11(15(19)20)9-12(13)16/h7-10H,3-6H2,1-2H3,(H,17,18)(H,19,20). The molecular formula is C15H20BrNO3. The SMILES string of the molecule is CCCCC(CC)C(=O)Nc1ccc(C(=O)O)cc1Br. The van der Waals surface area contributed by atoms with Gasteiger partial charge in [-0.15, -0.1) is 0 Å². The van der Waals surface area contributed by atoms with E-state index in [1.165, 1.54) is 12.1 Å². The number of nitrogens with one attached hydrogen (secondary N) is 1. The van der Waals surface area contributed by atoms with Gasteiger partial charge in [0, 0.05) is 10.4 Å². The smallest absolute Gasteiger partial charge is 0.335 e. The van der Waals surface area contributed by atoms with Crippen LogP contribution in [0.4, 0.5) is 5.69 Å². The molecule has 1 rings (SSSR count). The average Bonchev–Trinajstić information content (AvgIpc) is 2.41. The number of amides is 1. The lowest BCUT2D eigenvalue weighted by atomic mass is 9.98. The van der Waals surface area contributed by atoms with Gasteiger partial charge < -0.3 is 10.4 Å². The van der Waals surface area contributed by atoms with Crippen molar-refractivity contribution in [3.05, 3.63) is 28.2 Å². The van der Waals surface area contributed by atoms with Gasteiger partial charge in [0.2, 0.25) is 5.91 Å². The summed E-state index contributed by atoms with van der Waals surface area (Å²) in [5.74, 6) is -0.997. The molecule has 1 amide bonds. The van der Waals surface area contributed by atoms with Crippen molar-refractivity contribution in [3.63, 3.8) is 0 Å². The summed E-state index contributed by atoms with van der Waals surface area (Å²) in [5, 5.41) is 11.8. The number of carbonyl (C=O) groups excluding carboxylic acids is 1. The lowest BCUT2D eigenvalue weighted by Gasteiger charge is -2.15. The molecule has 0 saturated carbocycles. The molecule has 1 aromatic rings. The lowest BCUT2D eigenvalue weighted by Crippen LogP contribution is -2.22. The van der Waals surface area contributed by atoms with Crippen LogP contribution in [-0.2, 0) is 4.79 Å². The molecule has 0 spiro atoms.